The Morgan fingerprint density at radius 3 is 2.55 bits per heavy atom. The molecule has 0 aliphatic carbocycles. The number of benzene rings is 2. The number of nitrogens with one attached hydrogen (secondary N) is 1. The molecule has 0 saturated carbocycles. The summed E-state index contributed by atoms with van der Waals surface area (Å²) >= 11 is 0. The summed E-state index contributed by atoms with van der Waals surface area (Å²) in [6.45, 7) is 12.0. The van der Waals surface area contributed by atoms with Gasteiger partial charge in [-0.3, -0.25) is 9.69 Å². The van der Waals surface area contributed by atoms with E-state index in [0.717, 1.165) is 28.2 Å². The lowest BCUT2D eigenvalue weighted by Gasteiger charge is -2.25. The Hall–Kier alpha value is -3.61. The Labute approximate surface area is 194 Å². The molecular weight excluding hydrogens is 416 g/mol. The number of fused-ring (bicyclic) bond motifs is 1. The molecule has 0 fully saturated rings. The fourth-order valence-corrected chi connectivity index (χ4v) is 4.05. The molecule has 0 spiro atoms. The van der Waals surface area contributed by atoms with Crippen LogP contribution in [0.25, 0.3) is 5.69 Å². The van der Waals surface area contributed by atoms with Gasteiger partial charge >= 0.3 is 6.09 Å². The highest BCUT2D eigenvalue weighted by molar-refractivity contribution is 6.06. The zero-order chi connectivity index (χ0) is 23.9. The molecule has 2 amide bonds. The van der Waals surface area contributed by atoms with E-state index in [1.54, 1.807) is 23.4 Å². The third-order valence-corrected chi connectivity index (χ3v) is 5.51. The largest absolute Gasteiger partial charge is 0.443 e. The molecule has 4 rings (SSSR count). The predicted octanol–water partition coefficient (Wildman–Crippen LogP) is 5.60. The van der Waals surface area contributed by atoms with Gasteiger partial charge in [0.15, 0.2) is 0 Å². The topological polar surface area (TPSA) is 76.5 Å². The van der Waals surface area contributed by atoms with E-state index < -0.39 is 11.7 Å². The molecule has 172 valence electrons. The fourth-order valence-electron chi connectivity index (χ4n) is 4.05. The number of anilines is 2. The average molecular weight is 447 g/mol. The molecule has 7 heteroatoms. The summed E-state index contributed by atoms with van der Waals surface area (Å²) in [6, 6.07) is 11.4. The summed E-state index contributed by atoms with van der Waals surface area (Å²) in [6.07, 6.45) is 3.29. The van der Waals surface area contributed by atoms with Crippen LogP contribution < -0.4 is 10.2 Å². The van der Waals surface area contributed by atoms with E-state index in [9.17, 15) is 9.59 Å². The SMILES string of the molecule is Cc1cc(NC(=O)c2ccc3c(c2)N(C(=O)OC(C)(C)C)CC3C)cc(-n2cnc(C)c2)c1. The number of ether oxygens (including phenoxy) is 1. The highest BCUT2D eigenvalue weighted by atomic mass is 16.6. The third-order valence-electron chi connectivity index (χ3n) is 5.51. The molecule has 33 heavy (non-hydrogen) atoms. The van der Waals surface area contributed by atoms with E-state index in [-0.39, 0.29) is 11.8 Å². The number of nitrogens with zero attached hydrogens (tertiary/aromatic N) is 3. The minimum absolute atomic E-state index is 0.169. The second kappa shape index (κ2) is 8.39. The summed E-state index contributed by atoms with van der Waals surface area (Å²) < 4.78 is 7.50. The maximum absolute atomic E-state index is 13.1. The lowest BCUT2D eigenvalue weighted by atomic mass is 10.0. The second-order valence-electron chi connectivity index (χ2n) is 9.70. The Morgan fingerprint density at radius 1 is 1.12 bits per heavy atom. The van der Waals surface area contributed by atoms with Gasteiger partial charge in [0, 0.05) is 35.6 Å². The first-order chi connectivity index (χ1) is 15.5. The number of rotatable bonds is 3. The number of aryl methyl sites for hydroxylation is 2. The summed E-state index contributed by atoms with van der Waals surface area (Å²) in [4.78, 5) is 31.7. The highest BCUT2D eigenvalue weighted by Crippen LogP contribution is 2.37. The van der Waals surface area contributed by atoms with Crippen LogP contribution in [0.5, 0.6) is 0 Å². The first kappa shape index (κ1) is 22.6. The summed E-state index contributed by atoms with van der Waals surface area (Å²) in [5, 5.41) is 2.99. The zero-order valence-corrected chi connectivity index (χ0v) is 20.0. The van der Waals surface area contributed by atoms with Crippen LogP contribution in [0.3, 0.4) is 0 Å². The minimum Gasteiger partial charge on any atom is -0.443 e. The number of carbonyl (C=O) groups is 2. The van der Waals surface area contributed by atoms with Crippen LogP contribution in [0.15, 0.2) is 48.9 Å². The molecule has 0 radical (unpaired) electrons. The number of aromatic nitrogens is 2. The van der Waals surface area contributed by atoms with Gasteiger partial charge in [0.1, 0.15) is 5.60 Å². The van der Waals surface area contributed by atoms with Gasteiger partial charge in [-0.15, -0.1) is 0 Å². The number of hydrogen-bond donors (Lipinski definition) is 1. The molecule has 1 unspecified atom stereocenters. The summed E-state index contributed by atoms with van der Waals surface area (Å²) in [5.74, 6) is -0.0672. The Morgan fingerprint density at radius 2 is 1.88 bits per heavy atom. The van der Waals surface area contributed by atoms with Crippen LogP contribution in [0.4, 0.5) is 16.2 Å². The maximum Gasteiger partial charge on any atom is 0.414 e. The van der Waals surface area contributed by atoms with Crippen molar-refractivity contribution in [3.05, 3.63) is 71.3 Å². The van der Waals surface area contributed by atoms with Crippen molar-refractivity contribution in [3.8, 4) is 5.69 Å². The van der Waals surface area contributed by atoms with Crippen molar-refractivity contribution in [2.75, 3.05) is 16.8 Å². The van der Waals surface area contributed by atoms with E-state index >= 15 is 0 Å². The van der Waals surface area contributed by atoms with Crippen LogP contribution >= 0.6 is 0 Å². The van der Waals surface area contributed by atoms with E-state index in [1.165, 1.54) is 0 Å². The van der Waals surface area contributed by atoms with Crippen LogP contribution in [-0.2, 0) is 4.74 Å². The van der Waals surface area contributed by atoms with E-state index in [1.807, 2.05) is 69.6 Å². The third kappa shape index (κ3) is 4.92. The van der Waals surface area contributed by atoms with Crippen molar-refractivity contribution in [1.29, 1.82) is 0 Å². The van der Waals surface area contributed by atoms with Gasteiger partial charge in [0.05, 0.1) is 17.7 Å². The first-order valence-electron chi connectivity index (χ1n) is 11.1. The van der Waals surface area contributed by atoms with Gasteiger partial charge < -0.3 is 14.6 Å². The molecule has 1 atom stereocenters. The van der Waals surface area contributed by atoms with Gasteiger partial charge in [-0.25, -0.2) is 9.78 Å². The predicted molar refractivity (Wildman–Crippen MR) is 129 cm³/mol. The van der Waals surface area contributed by atoms with Crippen molar-refractivity contribution < 1.29 is 14.3 Å². The fraction of sp³-hybridized carbons (Fsp3) is 0.346. The van der Waals surface area contributed by atoms with Gasteiger partial charge in [-0.05, 0) is 76.1 Å². The van der Waals surface area contributed by atoms with E-state index in [4.69, 9.17) is 4.74 Å². The lowest BCUT2D eigenvalue weighted by Crippen LogP contribution is -2.36. The van der Waals surface area contributed by atoms with Crippen molar-refractivity contribution in [2.24, 2.45) is 0 Å². The van der Waals surface area contributed by atoms with Crippen LogP contribution in [0.1, 0.15) is 60.8 Å². The molecule has 7 nitrogen and oxygen atoms in total. The molecule has 3 aromatic rings. The van der Waals surface area contributed by atoms with Gasteiger partial charge in [0.2, 0.25) is 0 Å². The maximum atomic E-state index is 13.1. The molecule has 2 aromatic carbocycles. The number of amides is 2. The second-order valence-corrected chi connectivity index (χ2v) is 9.70. The van der Waals surface area contributed by atoms with Gasteiger partial charge in [-0.1, -0.05) is 13.0 Å². The van der Waals surface area contributed by atoms with Crippen molar-refractivity contribution in [3.63, 3.8) is 0 Å². The number of carbonyl (C=O) groups excluding carboxylic acids is 2. The Bertz CT molecular complexity index is 1220. The Balaban J connectivity index is 1.59. The molecule has 1 N–H and O–H groups in total. The molecule has 0 bridgehead atoms. The lowest BCUT2D eigenvalue weighted by molar-refractivity contribution is 0.0582. The number of hydrogen-bond acceptors (Lipinski definition) is 4. The van der Waals surface area contributed by atoms with Crippen LogP contribution in [-0.4, -0.2) is 33.7 Å². The smallest absolute Gasteiger partial charge is 0.414 e. The molecule has 0 saturated heterocycles. The van der Waals surface area contributed by atoms with Gasteiger partial charge in [0.25, 0.3) is 5.91 Å². The molecule has 1 aromatic heterocycles. The van der Waals surface area contributed by atoms with Crippen molar-refractivity contribution >= 4 is 23.4 Å². The van der Waals surface area contributed by atoms with Crippen molar-refractivity contribution in [1.82, 2.24) is 9.55 Å². The van der Waals surface area contributed by atoms with E-state index in [2.05, 4.69) is 17.2 Å². The van der Waals surface area contributed by atoms with Gasteiger partial charge in [-0.2, -0.15) is 0 Å². The van der Waals surface area contributed by atoms with Crippen LogP contribution in [0, 0.1) is 13.8 Å². The zero-order valence-electron chi connectivity index (χ0n) is 20.0. The average Bonchev–Trinajstić information content (AvgIpc) is 3.29. The molecular formula is C26H30N4O3. The summed E-state index contributed by atoms with van der Waals surface area (Å²) in [7, 11) is 0. The molecule has 1 aliphatic rings. The molecule has 1 aliphatic heterocycles. The monoisotopic (exact) mass is 446 g/mol. The Kier molecular flexibility index (Phi) is 5.74. The first-order valence-corrected chi connectivity index (χ1v) is 11.1. The van der Waals surface area contributed by atoms with Crippen LogP contribution in [0.2, 0.25) is 0 Å². The minimum atomic E-state index is -0.589. The highest BCUT2D eigenvalue weighted by Gasteiger charge is 2.33. The standard InChI is InChI=1S/C26H30N4O3/c1-16-9-20(12-21(10-16)29-14-18(3)27-15-29)28-24(31)19-7-8-22-17(2)13-30(23(22)11-19)25(32)33-26(4,5)6/h7-12,14-15,17H,13H2,1-6H3,(H,28,31). The quantitative estimate of drug-likeness (QED) is 0.568. The molecule has 2 heterocycles. The normalized spacial score (nSPS) is 15.3. The number of imidazole rings is 1. The van der Waals surface area contributed by atoms with E-state index in [0.29, 0.717) is 17.8 Å². The van der Waals surface area contributed by atoms with Crippen molar-refractivity contribution in [2.45, 2.75) is 53.1 Å². The summed E-state index contributed by atoms with van der Waals surface area (Å²) in [5.41, 5.74) is 5.21.